The molecule has 0 aromatic heterocycles. The average molecular weight is 364 g/mol. The van der Waals surface area contributed by atoms with Gasteiger partial charge in [-0.2, -0.15) is 0 Å². The zero-order valence-electron chi connectivity index (χ0n) is 10.7. The number of amides is 1. The Balaban J connectivity index is 2.10. The molecule has 1 fully saturated rings. The highest BCUT2D eigenvalue weighted by Crippen LogP contribution is 2.23. The number of hydrogen-bond donors (Lipinski definition) is 0. The van der Waals surface area contributed by atoms with E-state index >= 15 is 0 Å². The van der Waals surface area contributed by atoms with Crippen molar-refractivity contribution in [2.24, 2.45) is 4.99 Å². The van der Waals surface area contributed by atoms with Gasteiger partial charge in [-0.1, -0.05) is 6.08 Å². The maximum Gasteiger partial charge on any atom is 0.411 e. The Morgan fingerprint density at radius 3 is 3.00 bits per heavy atom. The number of morpholine rings is 1. The Bertz CT molecular complexity index is 401. The van der Waals surface area contributed by atoms with Gasteiger partial charge in [-0.05, 0) is 49.4 Å². The van der Waals surface area contributed by atoms with E-state index in [1.165, 1.54) is 0 Å². The van der Waals surface area contributed by atoms with E-state index in [4.69, 9.17) is 9.47 Å². The Morgan fingerprint density at radius 1 is 1.61 bits per heavy atom. The van der Waals surface area contributed by atoms with E-state index in [1.807, 2.05) is 32.9 Å². The van der Waals surface area contributed by atoms with Crippen molar-refractivity contribution < 1.29 is 14.3 Å². The first-order valence-electron chi connectivity index (χ1n) is 5.89. The summed E-state index contributed by atoms with van der Waals surface area (Å²) < 4.78 is 11.9. The van der Waals surface area contributed by atoms with Gasteiger partial charge < -0.3 is 9.47 Å². The van der Waals surface area contributed by atoms with E-state index in [9.17, 15) is 4.79 Å². The van der Waals surface area contributed by atoms with Crippen LogP contribution in [-0.4, -0.2) is 45.7 Å². The second-order valence-corrected chi connectivity index (χ2v) is 6.34. The van der Waals surface area contributed by atoms with E-state index in [0.717, 1.165) is 3.72 Å². The van der Waals surface area contributed by atoms with Crippen molar-refractivity contribution in [3.05, 3.63) is 12.2 Å². The summed E-state index contributed by atoms with van der Waals surface area (Å²) in [5.74, 6) is 0. The molecule has 2 unspecified atom stereocenters. The molecule has 2 aliphatic heterocycles. The van der Waals surface area contributed by atoms with Crippen LogP contribution in [0.5, 0.6) is 0 Å². The molecule has 0 radical (unpaired) electrons. The number of dihydropyridines is 1. The van der Waals surface area contributed by atoms with E-state index in [2.05, 4.69) is 27.6 Å². The van der Waals surface area contributed by atoms with Gasteiger partial charge in [0.2, 0.25) is 0 Å². The van der Waals surface area contributed by atoms with Crippen molar-refractivity contribution in [2.45, 2.75) is 38.6 Å². The van der Waals surface area contributed by atoms with Crippen LogP contribution in [0.1, 0.15) is 20.8 Å². The fourth-order valence-corrected chi connectivity index (χ4v) is 2.34. The second-order valence-electron chi connectivity index (χ2n) is 5.24. The van der Waals surface area contributed by atoms with Crippen molar-refractivity contribution >= 4 is 32.4 Å². The predicted octanol–water partition coefficient (Wildman–Crippen LogP) is 2.35. The fourth-order valence-electron chi connectivity index (χ4n) is 1.86. The number of rotatable bonds is 0. The minimum atomic E-state index is -0.485. The van der Waals surface area contributed by atoms with Gasteiger partial charge in [0.25, 0.3) is 0 Å². The lowest BCUT2D eigenvalue weighted by atomic mass is 10.1. The van der Waals surface area contributed by atoms with E-state index in [0.29, 0.717) is 13.2 Å². The topological polar surface area (TPSA) is 51.1 Å². The van der Waals surface area contributed by atoms with Crippen LogP contribution in [0.3, 0.4) is 0 Å². The Kier molecular flexibility index (Phi) is 3.96. The molecule has 0 spiro atoms. The van der Waals surface area contributed by atoms with Crippen molar-refractivity contribution in [1.82, 2.24) is 4.90 Å². The molecule has 2 aliphatic rings. The van der Waals surface area contributed by atoms with Gasteiger partial charge in [-0.25, -0.2) is 9.79 Å². The third kappa shape index (κ3) is 3.23. The van der Waals surface area contributed by atoms with Crippen LogP contribution in [-0.2, 0) is 9.47 Å². The molecule has 0 aliphatic carbocycles. The van der Waals surface area contributed by atoms with Crippen LogP contribution < -0.4 is 0 Å². The first kappa shape index (κ1) is 13.8. The molecule has 0 saturated carbocycles. The van der Waals surface area contributed by atoms with Gasteiger partial charge in [0.15, 0.2) is 6.23 Å². The number of ether oxygens (including phenoxy) is 2. The first-order chi connectivity index (χ1) is 8.37. The van der Waals surface area contributed by atoms with Gasteiger partial charge >= 0.3 is 6.09 Å². The Morgan fingerprint density at radius 2 is 2.33 bits per heavy atom. The molecule has 2 atom stereocenters. The van der Waals surface area contributed by atoms with E-state index in [-0.39, 0.29) is 18.4 Å². The summed E-state index contributed by atoms with van der Waals surface area (Å²) in [4.78, 5) is 18.2. The lowest BCUT2D eigenvalue weighted by Crippen LogP contribution is -2.54. The molecule has 18 heavy (non-hydrogen) atoms. The Hall–Kier alpha value is -0.630. The molecule has 2 heterocycles. The number of carbonyl (C=O) groups excluding carboxylic acids is 1. The van der Waals surface area contributed by atoms with E-state index in [1.54, 1.807) is 4.90 Å². The highest BCUT2D eigenvalue weighted by molar-refractivity contribution is 14.1. The summed E-state index contributed by atoms with van der Waals surface area (Å²) in [7, 11) is 0. The number of hydrogen-bond acceptors (Lipinski definition) is 4. The minimum Gasteiger partial charge on any atom is -0.444 e. The maximum absolute atomic E-state index is 12.1. The van der Waals surface area contributed by atoms with Crippen LogP contribution in [0.15, 0.2) is 17.1 Å². The normalized spacial score (nSPS) is 27.6. The summed E-state index contributed by atoms with van der Waals surface area (Å²) in [6.07, 6.45) is 3.23. The third-order valence-electron chi connectivity index (χ3n) is 2.58. The van der Waals surface area contributed by atoms with Crippen LogP contribution >= 0.6 is 22.6 Å². The molecule has 5 nitrogen and oxygen atoms in total. The lowest BCUT2D eigenvalue weighted by molar-refractivity contribution is -0.0595. The zero-order chi connectivity index (χ0) is 13.3. The largest absolute Gasteiger partial charge is 0.444 e. The van der Waals surface area contributed by atoms with Gasteiger partial charge in [0, 0.05) is 6.54 Å². The number of carbonyl (C=O) groups is 1. The SMILES string of the molecule is CC(C)(C)OC(=O)N1CCOC2N=C(I)C=CC21. The quantitative estimate of drug-likeness (QED) is 0.620. The predicted molar refractivity (Wildman–Crippen MR) is 77.1 cm³/mol. The molecular formula is C12H17IN2O3. The highest BCUT2D eigenvalue weighted by atomic mass is 127. The standard InChI is InChI=1S/C12H17IN2O3/c1-12(2,3)18-11(16)15-6-7-17-10-8(15)4-5-9(13)14-10/h4-5,8,10H,6-7H2,1-3H3. The van der Waals surface area contributed by atoms with Crippen molar-refractivity contribution in [3.63, 3.8) is 0 Å². The zero-order valence-corrected chi connectivity index (χ0v) is 12.9. The summed E-state index contributed by atoms with van der Waals surface area (Å²) in [5, 5.41) is 0. The van der Waals surface area contributed by atoms with Crippen LogP contribution in [0, 0.1) is 0 Å². The van der Waals surface area contributed by atoms with Crippen molar-refractivity contribution in [2.75, 3.05) is 13.2 Å². The van der Waals surface area contributed by atoms with Gasteiger partial charge in [-0.15, -0.1) is 0 Å². The van der Waals surface area contributed by atoms with Gasteiger partial charge in [-0.3, -0.25) is 4.90 Å². The third-order valence-corrected chi connectivity index (χ3v) is 3.22. The van der Waals surface area contributed by atoms with Crippen LogP contribution in [0.25, 0.3) is 0 Å². The molecule has 1 saturated heterocycles. The molecule has 0 aromatic carbocycles. The smallest absolute Gasteiger partial charge is 0.411 e. The Labute approximate surface area is 120 Å². The number of halogens is 1. The molecule has 0 N–H and O–H groups in total. The van der Waals surface area contributed by atoms with Gasteiger partial charge in [0.1, 0.15) is 11.6 Å². The summed E-state index contributed by atoms with van der Waals surface area (Å²) in [6.45, 7) is 6.61. The molecule has 2 rings (SSSR count). The molecule has 0 aromatic rings. The van der Waals surface area contributed by atoms with Crippen molar-refractivity contribution in [3.8, 4) is 0 Å². The number of nitrogens with zero attached hydrogens (tertiary/aromatic N) is 2. The molecular weight excluding hydrogens is 347 g/mol. The van der Waals surface area contributed by atoms with E-state index < -0.39 is 5.60 Å². The second kappa shape index (κ2) is 5.16. The molecule has 0 bridgehead atoms. The number of aliphatic imine (C=N–C) groups is 1. The summed E-state index contributed by atoms with van der Waals surface area (Å²) in [5.41, 5.74) is -0.485. The minimum absolute atomic E-state index is 0.160. The van der Waals surface area contributed by atoms with Crippen LogP contribution in [0.4, 0.5) is 4.79 Å². The first-order valence-corrected chi connectivity index (χ1v) is 6.97. The lowest BCUT2D eigenvalue weighted by Gasteiger charge is -2.39. The van der Waals surface area contributed by atoms with Gasteiger partial charge in [0.05, 0.1) is 10.3 Å². The number of fused-ring (bicyclic) bond motifs is 1. The number of allylic oxidation sites excluding steroid dienone is 1. The summed E-state index contributed by atoms with van der Waals surface area (Å²) >= 11 is 2.14. The molecule has 1 amide bonds. The molecule has 100 valence electrons. The van der Waals surface area contributed by atoms with Crippen LogP contribution in [0.2, 0.25) is 0 Å². The molecule has 6 heteroatoms. The summed E-state index contributed by atoms with van der Waals surface area (Å²) in [6, 6.07) is -0.160. The fraction of sp³-hybridized carbons (Fsp3) is 0.667. The monoisotopic (exact) mass is 364 g/mol. The average Bonchev–Trinajstić information content (AvgIpc) is 2.25. The van der Waals surface area contributed by atoms with Crippen molar-refractivity contribution in [1.29, 1.82) is 0 Å². The maximum atomic E-state index is 12.1. The highest BCUT2D eigenvalue weighted by Gasteiger charge is 2.37.